The van der Waals surface area contributed by atoms with Crippen molar-refractivity contribution in [1.82, 2.24) is 15.0 Å². The molecule has 29 heavy (non-hydrogen) atoms. The quantitative estimate of drug-likeness (QED) is 0.722. The lowest BCUT2D eigenvalue weighted by molar-refractivity contribution is -0.136. The molecule has 1 aromatic carbocycles. The monoisotopic (exact) mass is 431 g/mol. The molecule has 1 saturated heterocycles. The molecule has 2 heterocycles. The van der Waals surface area contributed by atoms with E-state index in [1.54, 1.807) is 0 Å². The van der Waals surface area contributed by atoms with Gasteiger partial charge in [-0.25, -0.2) is 4.68 Å². The largest absolute Gasteiger partial charge is 0.418 e. The molecule has 0 amide bonds. The molecule has 1 aliphatic rings. The average molecular weight is 432 g/mol. The highest BCUT2D eigenvalue weighted by Gasteiger charge is 2.50. The average Bonchev–Trinajstić information content (AvgIpc) is 3.14. The molecule has 1 N–H and O–H groups in total. The minimum absolute atomic E-state index is 0.116. The minimum atomic E-state index is -4.54. The minimum Gasteiger partial charge on any atom is -0.406 e. The number of aromatic nitrogens is 3. The zero-order chi connectivity index (χ0) is 21.8. The van der Waals surface area contributed by atoms with Crippen molar-refractivity contribution in [3.8, 4) is 0 Å². The topological polar surface area (TPSA) is 69.4 Å². The molecule has 4 atom stereocenters. The van der Waals surface area contributed by atoms with Crippen molar-refractivity contribution >= 4 is 19.4 Å². The van der Waals surface area contributed by atoms with Crippen LogP contribution >= 0.6 is 0 Å². The zero-order valence-corrected chi connectivity index (χ0v) is 18.5. The Hall–Kier alpha value is -1.49. The molecule has 0 radical (unpaired) electrons. The summed E-state index contributed by atoms with van der Waals surface area (Å²) in [6.45, 7) is 12.2. The number of nitrogens with zero attached hydrogens (tertiary/aromatic N) is 3. The fourth-order valence-electron chi connectivity index (χ4n) is 3.28. The SMILES string of the molecule is CC[C@H]1O[C@@H](n2nnc3c(C(F)(F)F)cccc32)[C@H](O[Si](C)(C)C(C)(C)C)[C@@H]1O. The van der Waals surface area contributed by atoms with Crippen LogP contribution in [0.1, 0.15) is 45.9 Å². The van der Waals surface area contributed by atoms with Crippen LogP contribution in [0.15, 0.2) is 18.2 Å². The van der Waals surface area contributed by atoms with Gasteiger partial charge in [0, 0.05) is 0 Å². The Kier molecular flexibility index (Phi) is 5.61. The lowest BCUT2D eigenvalue weighted by Crippen LogP contribution is -2.48. The van der Waals surface area contributed by atoms with Gasteiger partial charge in [0.15, 0.2) is 14.5 Å². The predicted molar refractivity (Wildman–Crippen MR) is 105 cm³/mol. The Morgan fingerprint density at radius 2 is 1.90 bits per heavy atom. The van der Waals surface area contributed by atoms with E-state index in [2.05, 4.69) is 44.2 Å². The summed E-state index contributed by atoms with van der Waals surface area (Å²) in [6, 6.07) is 3.81. The highest BCUT2D eigenvalue weighted by molar-refractivity contribution is 6.74. The number of benzene rings is 1. The molecule has 0 aliphatic carbocycles. The van der Waals surface area contributed by atoms with E-state index in [4.69, 9.17) is 9.16 Å². The van der Waals surface area contributed by atoms with Crippen molar-refractivity contribution in [2.24, 2.45) is 0 Å². The normalized spacial score (nSPS) is 26.4. The van der Waals surface area contributed by atoms with E-state index in [0.29, 0.717) is 6.42 Å². The van der Waals surface area contributed by atoms with Gasteiger partial charge in [-0.2, -0.15) is 13.2 Å². The molecule has 0 saturated carbocycles. The number of halogens is 3. The first kappa shape index (κ1) is 22.2. The molecule has 10 heteroatoms. The van der Waals surface area contributed by atoms with Gasteiger partial charge in [0.2, 0.25) is 0 Å². The summed E-state index contributed by atoms with van der Waals surface area (Å²) < 4.78 is 53.8. The van der Waals surface area contributed by atoms with E-state index in [-0.39, 0.29) is 16.1 Å². The second-order valence-electron chi connectivity index (χ2n) is 9.01. The maximum atomic E-state index is 13.3. The van der Waals surface area contributed by atoms with E-state index in [1.165, 1.54) is 16.8 Å². The third-order valence-corrected chi connectivity index (χ3v) is 10.5. The van der Waals surface area contributed by atoms with Crippen LogP contribution in [0.25, 0.3) is 11.0 Å². The summed E-state index contributed by atoms with van der Waals surface area (Å²) in [7, 11) is -2.30. The van der Waals surface area contributed by atoms with Crippen molar-refractivity contribution in [3.05, 3.63) is 23.8 Å². The molecule has 1 aromatic heterocycles. The van der Waals surface area contributed by atoms with Crippen LogP contribution in [0, 0.1) is 0 Å². The Bertz CT molecular complexity index is 879. The molecular formula is C19H28F3N3O3Si. The van der Waals surface area contributed by atoms with Crippen molar-refractivity contribution in [3.63, 3.8) is 0 Å². The second kappa shape index (κ2) is 7.33. The Labute approximate surface area is 169 Å². The third kappa shape index (κ3) is 3.95. The molecule has 3 rings (SSSR count). The first-order valence-electron chi connectivity index (χ1n) is 9.70. The summed E-state index contributed by atoms with van der Waals surface area (Å²) in [5.74, 6) is 0. The standard InChI is InChI=1S/C19H28F3N3O3Si/c1-7-13-15(26)16(28-29(5,6)18(2,3)4)17(27-13)25-12-10-8-9-11(19(20,21)22)14(12)23-24-25/h8-10,13,15-17,26H,7H2,1-6H3/t13-,15-,16-,17-/m1/s1. The number of aliphatic hydroxyl groups excluding tert-OH is 1. The molecule has 6 nitrogen and oxygen atoms in total. The van der Waals surface area contributed by atoms with Gasteiger partial charge in [-0.1, -0.05) is 39.0 Å². The Morgan fingerprint density at radius 1 is 1.24 bits per heavy atom. The van der Waals surface area contributed by atoms with Gasteiger partial charge in [0.1, 0.15) is 17.7 Å². The summed E-state index contributed by atoms with van der Waals surface area (Å²) in [5.41, 5.74) is -0.907. The number of rotatable bonds is 4. The number of aliphatic hydroxyl groups is 1. The molecule has 0 unspecified atom stereocenters. The van der Waals surface area contributed by atoms with E-state index in [9.17, 15) is 18.3 Å². The number of ether oxygens (including phenoxy) is 1. The zero-order valence-electron chi connectivity index (χ0n) is 17.5. The van der Waals surface area contributed by atoms with Crippen LogP contribution in [0.2, 0.25) is 18.1 Å². The van der Waals surface area contributed by atoms with Crippen LogP contribution in [0.4, 0.5) is 13.2 Å². The summed E-state index contributed by atoms with van der Waals surface area (Å²) >= 11 is 0. The molecule has 162 valence electrons. The fraction of sp³-hybridized carbons (Fsp3) is 0.684. The molecular weight excluding hydrogens is 403 g/mol. The van der Waals surface area contributed by atoms with E-state index >= 15 is 0 Å². The molecule has 1 aliphatic heterocycles. The van der Waals surface area contributed by atoms with E-state index in [1.807, 2.05) is 6.92 Å². The first-order chi connectivity index (χ1) is 13.3. The maximum absolute atomic E-state index is 13.3. The van der Waals surface area contributed by atoms with Crippen LogP contribution in [-0.4, -0.2) is 46.7 Å². The number of fused-ring (bicyclic) bond motifs is 1. The van der Waals surface area contributed by atoms with Gasteiger partial charge in [0.05, 0.1) is 17.2 Å². The van der Waals surface area contributed by atoms with Crippen LogP contribution in [0.5, 0.6) is 0 Å². The Balaban J connectivity index is 2.06. The summed E-state index contributed by atoms with van der Waals surface area (Å²) in [6.07, 6.45) is -7.03. The van der Waals surface area contributed by atoms with Gasteiger partial charge >= 0.3 is 6.18 Å². The number of alkyl halides is 3. The van der Waals surface area contributed by atoms with Gasteiger partial charge in [-0.3, -0.25) is 0 Å². The smallest absolute Gasteiger partial charge is 0.406 e. The molecule has 0 bridgehead atoms. The summed E-state index contributed by atoms with van der Waals surface area (Å²) in [4.78, 5) is 0. The highest BCUT2D eigenvalue weighted by Crippen LogP contribution is 2.43. The molecule has 0 spiro atoms. The predicted octanol–water partition coefficient (Wildman–Crippen LogP) is 4.51. The van der Waals surface area contributed by atoms with Crippen LogP contribution in [0.3, 0.4) is 0 Å². The van der Waals surface area contributed by atoms with Crippen molar-refractivity contribution in [2.75, 3.05) is 0 Å². The van der Waals surface area contributed by atoms with Gasteiger partial charge < -0.3 is 14.3 Å². The third-order valence-electron chi connectivity index (χ3n) is 6.00. The van der Waals surface area contributed by atoms with Gasteiger partial charge in [0.25, 0.3) is 0 Å². The molecule has 1 fully saturated rings. The van der Waals surface area contributed by atoms with Gasteiger partial charge in [-0.05, 0) is 36.7 Å². The molecule has 2 aromatic rings. The van der Waals surface area contributed by atoms with E-state index < -0.39 is 44.6 Å². The lowest BCUT2D eigenvalue weighted by Gasteiger charge is -2.40. The van der Waals surface area contributed by atoms with Crippen molar-refractivity contribution in [2.45, 2.75) is 83.0 Å². The summed E-state index contributed by atoms with van der Waals surface area (Å²) in [5, 5.41) is 18.5. The highest BCUT2D eigenvalue weighted by atomic mass is 28.4. The van der Waals surface area contributed by atoms with Crippen molar-refractivity contribution in [1.29, 1.82) is 0 Å². The van der Waals surface area contributed by atoms with Crippen molar-refractivity contribution < 1.29 is 27.4 Å². The first-order valence-corrected chi connectivity index (χ1v) is 12.6. The van der Waals surface area contributed by atoms with Crippen LogP contribution in [-0.2, 0) is 15.3 Å². The number of hydrogen-bond acceptors (Lipinski definition) is 5. The van der Waals surface area contributed by atoms with E-state index in [0.717, 1.165) is 6.07 Å². The fourth-order valence-corrected chi connectivity index (χ4v) is 4.57. The lowest BCUT2D eigenvalue weighted by atomic mass is 10.1. The Morgan fingerprint density at radius 3 is 2.45 bits per heavy atom. The second-order valence-corrected chi connectivity index (χ2v) is 13.8. The van der Waals surface area contributed by atoms with Crippen LogP contribution < -0.4 is 0 Å². The number of hydrogen-bond donors (Lipinski definition) is 1. The maximum Gasteiger partial charge on any atom is 0.418 e. The van der Waals surface area contributed by atoms with Gasteiger partial charge in [-0.15, -0.1) is 5.10 Å².